The van der Waals surface area contributed by atoms with E-state index in [1.54, 1.807) is 0 Å². The summed E-state index contributed by atoms with van der Waals surface area (Å²) in [5.41, 5.74) is 4.83. The Labute approximate surface area is 84.3 Å². The van der Waals surface area contributed by atoms with Gasteiger partial charge in [-0.3, -0.25) is 0 Å². The van der Waals surface area contributed by atoms with Gasteiger partial charge in [0, 0.05) is 0 Å². The molecule has 0 saturated carbocycles. The maximum Gasteiger partial charge on any atom is 0.407 e. The van der Waals surface area contributed by atoms with Crippen molar-refractivity contribution in [1.82, 2.24) is 0 Å². The Balaban J connectivity index is 3.06. The first-order chi connectivity index (χ1) is 6.86. The van der Waals surface area contributed by atoms with Gasteiger partial charge in [-0.2, -0.15) is 13.2 Å². The van der Waals surface area contributed by atoms with Gasteiger partial charge < -0.3 is 15.6 Å². The average molecular weight is 221 g/mol. The summed E-state index contributed by atoms with van der Waals surface area (Å²) in [5, 5.41) is 9.17. The van der Waals surface area contributed by atoms with Crippen molar-refractivity contribution in [2.45, 2.75) is 12.2 Å². The van der Waals surface area contributed by atoms with Crippen molar-refractivity contribution in [1.29, 1.82) is 0 Å². The molecule has 0 aliphatic rings. The summed E-state index contributed by atoms with van der Waals surface area (Å²) in [7, 11) is 1.25. The molecule has 3 nitrogen and oxygen atoms in total. The van der Waals surface area contributed by atoms with Gasteiger partial charge in [-0.1, -0.05) is 6.07 Å². The first kappa shape index (κ1) is 11.6. The summed E-state index contributed by atoms with van der Waals surface area (Å²) in [5.74, 6) is -0.261. The highest BCUT2D eigenvalue weighted by Crippen LogP contribution is 2.34. The number of rotatable bonds is 2. The Bertz CT molecular complexity index is 352. The Morgan fingerprint density at radius 2 is 2.00 bits per heavy atom. The van der Waals surface area contributed by atoms with Crippen LogP contribution < -0.4 is 10.5 Å². The van der Waals surface area contributed by atoms with E-state index in [-0.39, 0.29) is 17.1 Å². The van der Waals surface area contributed by atoms with Gasteiger partial charge in [0.25, 0.3) is 0 Å². The number of aromatic hydroxyl groups is 1. The molecule has 0 amide bonds. The number of phenolic OH excluding ortho intramolecular Hbond substituents is 1. The molecule has 0 unspecified atom stereocenters. The minimum atomic E-state index is -4.51. The molecule has 1 atom stereocenters. The van der Waals surface area contributed by atoms with Crippen molar-refractivity contribution in [3.05, 3.63) is 23.8 Å². The molecule has 0 spiro atoms. The molecular formula is C9H10F3NO2. The van der Waals surface area contributed by atoms with Crippen LogP contribution in [0.2, 0.25) is 0 Å². The molecular weight excluding hydrogens is 211 g/mol. The maximum absolute atomic E-state index is 12.2. The zero-order chi connectivity index (χ0) is 11.6. The maximum atomic E-state index is 12.2. The molecule has 0 saturated heterocycles. The van der Waals surface area contributed by atoms with E-state index in [9.17, 15) is 18.3 Å². The summed E-state index contributed by atoms with van der Waals surface area (Å²) in [6, 6.07) is 1.20. The quantitative estimate of drug-likeness (QED) is 0.802. The van der Waals surface area contributed by atoms with Gasteiger partial charge in [-0.05, 0) is 17.7 Å². The van der Waals surface area contributed by atoms with E-state index in [1.807, 2.05) is 0 Å². The Morgan fingerprint density at radius 1 is 1.40 bits per heavy atom. The van der Waals surface area contributed by atoms with Crippen molar-refractivity contribution >= 4 is 0 Å². The smallest absolute Gasteiger partial charge is 0.407 e. The lowest BCUT2D eigenvalue weighted by molar-refractivity contribution is -0.149. The highest BCUT2D eigenvalue weighted by atomic mass is 19.4. The highest BCUT2D eigenvalue weighted by Gasteiger charge is 2.38. The summed E-state index contributed by atoms with van der Waals surface area (Å²) in [4.78, 5) is 0. The van der Waals surface area contributed by atoms with Crippen LogP contribution in [0.15, 0.2) is 18.2 Å². The fourth-order valence-corrected chi connectivity index (χ4v) is 1.08. The van der Waals surface area contributed by atoms with Crippen LogP contribution in [-0.4, -0.2) is 18.4 Å². The second-order valence-electron chi connectivity index (χ2n) is 2.95. The van der Waals surface area contributed by atoms with Gasteiger partial charge in [-0.15, -0.1) is 0 Å². The molecule has 0 aliphatic carbocycles. The molecule has 0 heterocycles. The van der Waals surface area contributed by atoms with Crippen LogP contribution in [0.25, 0.3) is 0 Å². The molecule has 3 N–H and O–H groups in total. The highest BCUT2D eigenvalue weighted by molar-refractivity contribution is 5.42. The van der Waals surface area contributed by atoms with E-state index in [2.05, 4.69) is 4.74 Å². The van der Waals surface area contributed by atoms with Gasteiger partial charge >= 0.3 is 6.18 Å². The largest absolute Gasteiger partial charge is 0.504 e. The third-order valence-electron chi connectivity index (χ3n) is 1.92. The fraction of sp³-hybridized carbons (Fsp3) is 0.333. The second-order valence-corrected chi connectivity index (χ2v) is 2.95. The number of halogens is 3. The molecule has 15 heavy (non-hydrogen) atoms. The average Bonchev–Trinajstić information content (AvgIpc) is 2.16. The van der Waals surface area contributed by atoms with Crippen LogP contribution in [0.1, 0.15) is 11.6 Å². The Morgan fingerprint density at radius 3 is 2.47 bits per heavy atom. The Kier molecular flexibility index (Phi) is 3.09. The second kappa shape index (κ2) is 3.98. The standard InChI is InChI=1S/C9H10F3NO2/c1-15-7-4-5(2-3-6(7)14)8(13)9(10,11)12/h2-4,8,14H,13H2,1H3/t8-/m1/s1. The zero-order valence-electron chi connectivity index (χ0n) is 7.88. The molecule has 1 aromatic carbocycles. The van der Waals surface area contributed by atoms with Crippen molar-refractivity contribution in [2.24, 2.45) is 5.73 Å². The van der Waals surface area contributed by atoms with E-state index in [1.165, 1.54) is 7.11 Å². The van der Waals surface area contributed by atoms with E-state index >= 15 is 0 Å². The lowest BCUT2D eigenvalue weighted by Crippen LogP contribution is -2.28. The number of benzene rings is 1. The van der Waals surface area contributed by atoms with Gasteiger partial charge in [0.1, 0.15) is 6.04 Å². The number of alkyl halides is 3. The normalized spacial score (nSPS) is 13.7. The molecule has 0 radical (unpaired) electrons. The van der Waals surface area contributed by atoms with Crippen molar-refractivity contribution in [2.75, 3.05) is 7.11 Å². The van der Waals surface area contributed by atoms with Crippen molar-refractivity contribution in [3.8, 4) is 11.5 Å². The predicted octanol–water partition coefficient (Wildman–Crippen LogP) is 1.96. The van der Waals surface area contributed by atoms with Crippen LogP contribution in [0, 0.1) is 0 Å². The van der Waals surface area contributed by atoms with Gasteiger partial charge in [0.2, 0.25) is 0 Å². The third kappa shape index (κ3) is 2.53. The summed E-state index contributed by atoms with van der Waals surface area (Å²) >= 11 is 0. The molecule has 0 bridgehead atoms. The van der Waals surface area contributed by atoms with Crippen molar-refractivity contribution < 1.29 is 23.0 Å². The van der Waals surface area contributed by atoms with Crippen molar-refractivity contribution in [3.63, 3.8) is 0 Å². The van der Waals surface area contributed by atoms with Crippen LogP contribution in [0.3, 0.4) is 0 Å². The first-order valence-electron chi connectivity index (χ1n) is 4.05. The van der Waals surface area contributed by atoms with Crippen LogP contribution in [0.4, 0.5) is 13.2 Å². The lowest BCUT2D eigenvalue weighted by atomic mass is 10.1. The molecule has 6 heteroatoms. The zero-order valence-corrected chi connectivity index (χ0v) is 7.88. The van der Waals surface area contributed by atoms with E-state index in [0.29, 0.717) is 0 Å². The molecule has 1 aromatic rings. The monoisotopic (exact) mass is 221 g/mol. The fourth-order valence-electron chi connectivity index (χ4n) is 1.08. The molecule has 1 rings (SSSR count). The molecule has 0 aliphatic heterocycles. The number of hydrogen-bond acceptors (Lipinski definition) is 3. The molecule has 84 valence electrons. The van der Waals surface area contributed by atoms with E-state index < -0.39 is 12.2 Å². The van der Waals surface area contributed by atoms with Crippen LogP contribution in [0.5, 0.6) is 11.5 Å². The molecule has 0 fully saturated rings. The van der Waals surface area contributed by atoms with Gasteiger partial charge in [0.05, 0.1) is 7.11 Å². The lowest BCUT2D eigenvalue weighted by Gasteiger charge is -2.16. The number of methoxy groups -OCH3 is 1. The van der Waals surface area contributed by atoms with Gasteiger partial charge in [0.15, 0.2) is 11.5 Å². The minimum absolute atomic E-state index is 0.0350. The van der Waals surface area contributed by atoms with Gasteiger partial charge in [-0.25, -0.2) is 0 Å². The Hall–Kier alpha value is -1.43. The summed E-state index contributed by atoms with van der Waals surface area (Å²) in [6.45, 7) is 0. The number of phenols is 1. The van der Waals surface area contributed by atoms with Crippen LogP contribution in [-0.2, 0) is 0 Å². The van der Waals surface area contributed by atoms with Crippen LogP contribution >= 0.6 is 0 Å². The third-order valence-corrected chi connectivity index (χ3v) is 1.92. The van der Waals surface area contributed by atoms with E-state index in [4.69, 9.17) is 5.73 Å². The predicted molar refractivity (Wildman–Crippen MR) is 47.6 cm³/mol. The SMILES string of the molecule is COc1cc([C@@H](N)C(F)(F)F)ccc1O. The first-order valence-corrected chi connectivity index (χ1v) is 4.05. The van der Waals surface area contributed by atoms with E-state index in [0.717, 1.165) is 18.2 Å². The number of nitrogens with two attached hydrogens (primary N) is 1. The molecule has 0 aromatic heterocycles. The number of ether oxygens (including phenoxy) is 1. The minimum Gasteiger partial charge on any atom is -0.504 e. The summed E-state index contributed by atoms with van der Waals surface area (Å²) < 4.78 is 41.4. The summed E-state index contributed by atoms with van der Waals surface area (Å²) in [6.07, 6.45) is -4.51. The number of hydrogen-bond donors (Lipinski definition) is 2. The topological polar surface area (TPSA) is 55.5 Å².